The number of carbonyl (C=O) groups is 2. The van der Waals surface area contributed by atoms with Crippen LogP contribution in [0.2, 0.25) is 0 Å². The van der Waals surface area contributed by atoms with Crippen LogP contribution in [0.5, 0.6) is 0 Å². The van der Waals surface area contributed by atoms with Gasteiger partial charge in [0.05, 0.1) is 10.6 Å². The first-order chi connectivity index (χ1) is 12.0. The Hall–Kier alpha value is -2.08. The van der Waals surface area contributed by atoms with Gasteiger partial charge in [-0.2, -0.15) is 0 Å². The Morgan fingerprint density at radius 1 is 1.04 bits per heavy atom. The fourth-order valence-corrected chi connectivity index (χ4v) is 3.23. The molecule has 0 aromatic heterocycles. The minimum absolute atomic E-state index is 0.216. The predicted octanol–water partition coefficient (Wildman–Crippen LogP) is 4.62. The summed E-state index contributed by atoms with van der Waals surface area (Å²) in [4.78, 5) is 32.4. The van der Waals surface area contributed by atoms with Gasteiger partial charge in [-0.05, 0) is 48.8 Å². The molecule has 1 aliphatic rings. The quantitative estimate of drug-likeness (QED) is 0.423. The van der Waals surface area contributed by atoms with Crippen LogP contribution in [-0.4, -0.2) is 18.2 Å². The molecule has 6 nitrogen and oxygen atoms in total. The van der Waals surface area contributed by atoms with E-state index in [-0.39, 0.29) is 17.9 Å². The first kappa shape index (κ1) is 19.2. The molecule has 1 aliphatic carbocycles. The second kappa shape index (κ2) is 9.42. The Labute approximate surface area is 148 Å². The molecule has 1 saturated carbocycles. The van der Waals surface area contributed by atoms with Gasteiger partial charge in [0, 0.05) is 0 Å². The molecule has 1 aromatic rings. The van der Waals surface area contributed by atoms with E-state index in [4.69, 9.17) is 4.74 Å². The van der Waals surface area contributed by atoms with Crippen molar-refractivity contribution < 1.29 is 29.1 Å². The third kappa shape index (κ3) is 5.74. The Bertz CT molecular complexity index is 558. The van der Waals surface area contributed by atoms with Crippen LogP contribution >= 0.6 is 0 Å². The standard InChI is InChI=1S/C19H26O6/c1-4-6-15-9-11-16(12-10-15)18(20)23-25-24-19(21)22-17-13(2)7-5-8-14(17)3/h9-14,17H,4-8H2,1-3H3. The van der Waals surface area contributed by atoms with E-state index in [1.54, 1.807) is 12.1 Å². The van der Waals surface area contributed by atoms with Gasteiger partial charge in [-0.25, -0.2) is 14.5 Å². The normalized spacial score (nSPS) is 22.9. The summed E-state index contributed by atoms with van der Waals surface area (Å²) >= 11 is 0. The average molecular weight is 350 g/mol. The van der Waals surface area contributed by atoms with Gasteiger partial charge in [-0.1, -0.05) is 45.7 Å². The average Bonchev–Trinajstić information content (AvgIpc) is 2.59. The molecule has 0 saturated heterocycles. The largest absolute Gasteiger partial charge is 0.543 e. The number of carbonyl (C=O) groups excluding carboxylic acids is 2. The van der Waals surface area contributed by atoms with Gasteiger partial charge in [0.1, 0.15) is 6.10 Å². The minimum atomic E-state index is -1.00. The summed E-state index contributed by atoms with van der Waals surface area (Å²) in [6.45, 7) is 6.16. The van der Waals surface area contributed by atoms with E-state index in [0.717, 1.165) is 37.7 Å². The van der Waals surface area contributed by atoms with Gasteiger partial charge in [-0.15, -0.1) is 0 Å². The van der Waals surface area contributed by atoms with E-state index in [2.05, 4.69) is 21.7 Å². The first-order valence-electron chi connectivity index (χ1n) is 8.86. The van der Waals surface area contributed by atoms with Crippen molar-refractivity contribution in [3.8, 4) is 0 Å². The zero-order chi connectivity index (χ0) is 18.2. The molecule has 6 heteroatoms. The van der Waals surface area contributed by atoms with Gasteiger partial charge in [0.25, 0.3) is 0 Å². The Morgan fingerprint density at radius 2 is 1.68 bits per heavy atom. The van der Waals surface area contributed by atoms with Crippen LogP contribution < -0.4 is 0 Å². The zero-order valence-corrected chi connectivity index (χ0v) is 15.0. The lowest BCUT2D eigenvalue weighted by Gasteiger charge is -2.32. The summed E-state index contributed by atoms with van der Waals surface area (Å²) in [6.07, 6.45) is 3.89. The number of ether oxygens (including phenoxy) is 1. The molecule has 25 heavy (non-hydrogen) atoms. The molecule has 138 valence electrons. The summed E-state index contributed by atoms with van der Waals surface area (Å²) < 4.78 is 5.27. The highest BCUT2D eigenvalue weighted by Gasteiger charge is 2.31. The van der Waals surface area contributed by atoms with E-state index in [1.807, 2.05) is 26.0 Å². The topological polar surface area (TPSA) is 71.1 Å². The molecule has 0 heterocycles. The van der Waals surface area contributed by atoms with Gasteiger partial charge >= 0.3 is 12.1 Å². The molecular weight excluding hydrogens is 324 g/mol. The van der Waals surface area contributed by atoms with Gasteiger partial charge in [0.15, 0.2) is 0 Å². The Balaban J connectivity index is 1.73. The molecule has 0 N–H and O–H groups in total. The molecule has 2 rings (SSSR count). The van der Waals surface area contributed by atoms with Crippen LogP contribution in [-0.2, 0) is 26.0 Å². The summed E-state index contributed by atoms with van der Waals surface area (Å²) in [7, 11) is 0. The van der Waals surface area contributed by atoms with E-state index >= 15 is 0 Å². The van der Waals surface area contributed by atoms with E-state index in [0.29, 0.717) is 5.56 Å². The van der Waals surface area contributed by atoms with Crippen molar-refractivity contribution in [2.75, 3.05) is 0 Å². The molecule has 0 amide bonds. The van der Waals surface area contributed by atoms with Gasteiger partial charge in [-0.3, -0.25) is 4.89 Å². The number of hydrogen-bond donors (Lipinski definition) is 0. The maximum Gasteiger partial charge on any atom is 0.543 e. The molecule has 0 bridgehead atoms. The fraction of sp³-hybridized carbons (Fsp3) is 0.579. The van der Waals surface area contributed by atoms with Crippen molar-refractivity contribution in [2.45, 2.75) is 59.0 Å². The molecule has 1 aromatic carbocycles. The number of rotatable bonds is 6. The monoisotopic (exact) mass is 350 g/mol. The first-order valence-corrected chi connectivity index (χ1v) is 8.86. The predicted molar refractivity (Wildman–Crippen MR) is 90.5 cm³/mol. The molecule has 2 unspecified atom stereocenters. The van der Waals surface area contributed by atoms with E-state index in [1.165, 1.54) is 0 Å². The Morgan fingerprint density at radius 3 is 2.28 bits per heavy atom. The van der Waals surface area contributed by atoms with Crippen molar-refractivity contribution in [2.24, 2.45) is 11.8 Å². The van der Waals surface area contributed by atoms with E-state index in [9.17, 15) is 9.59 Å². The van der Waals surface area contributed by atoms with Gasteiger partial charge in [0.2, 0.25) is 0 Å². The smallest absolute Gasteiger partial charge is 0.428 e. The van der Waals surface area contributed by atoms with E-state index < -0.39 is 12.1 Å². The van der Waals surface area contributed by atoms with Crippen molar-refractivity contribution in [1.29, 1.82) is 0 Å². The van der Waals surface area contributed by atoms with Crippen molar-refractivity contribution >= 4 is 12.1 Å². The van der Waals surface area contributed by atoms with Crippen LogP contribution in [0.25, 0.3) is 0 Å². The zero-order valence-electron chi connectivity index (χ0n) is 15.0. The maximum absolute atomic E-state index is 11.8. The second-order valence-electron chi connectivity index (χ2n) is 6.69. The van der Waals surface area contributed by atoms with Crippen molar-refractivity contribution in [3.63, 3.8) is 0 Å². The number of hydrogen-bond acceptors (Lipinski definition) is 6. The molecule has 0 radical (unpaired) electrons. The molecule has 0 spiro atoms. The summed E-state index contributed by atoms with van der Waals surface area (Å²) in [5.41, 5.74) is 1.45. The SMILES string of the molecule is CCCc1ccc(C(=O)OOOC(=O)OC2C(C)CCCC2C)cc1. The minimum Gasteiger partial charge on any atom is -0.428 e. The highest BCUT2D eigenvalue weighted by molar-refractivity contribution is 5.88. The highest BCUT2D eigenvalue weighted by atomic mass is 17.5. The lowest BCUT2D eigenvalue weighted by atomic mass is 9.81. The third-order valence-electron chi connectivity index (χ3n) is 4.61. The number of aryl methyl sites for hydroxylation is 1. The van der Waals surface area contributed by atoms with Crippen LogP contribution in [0, 0.1) is 11.8 Å². The fourth-order valence-electron chi connectivity index (χ4n) is 3.23. The summed E-state index contributed by atoms with van der Waals surface area (Å²) in [5, 5.41) is 4.28. The molecular formula is C19H26O6. The molecule has 0 aliphatic heterocycles. The Kier molecular flexibility index (Phi) is 7.25. The van der Waals surface area contributed by atoms with Crippen LogP contribution in [0.4, 0.5) is 4.79 Å². The highest BCUT2D eigenvalue weighted by Crippen LogP contribution is 2.31. The third-order valence-corrected chi connectivity index (χ3v) is 4.61. The van der Waals surface area contributed by atoms with Crippen LogP contribution in [0.3, 0.4) is 0 Å². The lowest BCUT2D eigenvalue weighted by Crippen LogP contribution is -2.35. The number of benzene rings is 1. The lowest BCUT2D eigenvalue weighted by molar-refractivity contribution is -0.453. The summed E-state index contributed by atoms with van der Waals surface area (Å²) in [5.74, 6) is -0.212. The van der Waals surface area contributed by atoms with Crippen molar-refractivity contribution in [3.05, 3.63) is 35.4 Å². The molecule has 1 fully saturated rings. The van der Waals surface area contributed by atoms with Crippen molar-refractivity contribution in [1.82, 2.24) is 0 Å². The second-order valence-corrected chi connectivity index (χ2v) is 6.69. The van der Waals surface area contributed by atoms with Gasteiger partial charge < -0.3 is 4.74 Å². The molecule has 2 atom stereocenters. The summed E-state index contributed by atoms with van der Waals surface area (Å²) in [6, 6.07) is 6.98. The maximum atomic E-state index is 11.8. The van der Waals surface area contributed by atoms with Crippen LogP contribution in [0.1, 0.15) is 62.4 Å². The van der Waals surface area contributed by atoms with Crippen LogP contribution in [0.15, 0.2) is 24.3 Å².